The Morgan fingerprint density at radius 3 is 2.68 bits per heavy atom. The number of carbonyl (C=O) groups excluding carboxylic acids is 1. The van der Waals surface area contributed by atoms with Gasteiger partial charge in [-0.15, -0.1) is 0 Å². The lowest BCUT2D eigenvalue weighted by atomic mass is 10.1. The molecule has 0 saturated carbocycles. The fraction of sp³-hybridized carbons (Fsp3) is 0.278. The Balaban J connectivity index is 1.59. The fourth-order valence-electron chi connectivity index (χ4n) is 2.92. The number of amides is 1. The summed E-state index contributed by atoms with van der Waals surface area (Å²) in [5, 5.41) is 3.52. The molecule has 1 amide bonds. The molecule has 25 heavy (non-hydrogen) atoms. The van der Waals surface area contributed by atoms with Gasteiger partial charge in [-0.2, -0.15) is 0 Å². The summed E-state index contributed by atoms with van der Waals surface area (Å²) in [6.07, 6.45) is 0. The van der Waals surface area contributed by atoms with E-state index in [-0.39, 0.29) is 12.7 Å². The van der Waals surface area contributed by atoms with Crippen molar-refractivity contribution in [1.82, 2.24) is 0 Å². The second-order valence-electron chi connectivity index (χ2n) is 5.78. The van der Waals surface area contributed by atoms with E-state index in [2.05, 4.69) is 10.2 Å². The highest BCUT2D eigenvalue weighted by Gasteiger charge is 2.19. The number of hydrogen-bond acceptors (Lipinski definition) is 5. The Bertz CT molecular complexity index is 806. The minimum absolute atomic E-state index is 0.176. The van der Waals surface area contributed by atoms with Crippen LogP contribution in [-0.2, 0) is 4.74 Å². The molecule has 2 aromatic rings. The van der Waals surface area contributed by atoms with Crippen LogP contribution < -0.4 is 19.7 Å². The first-order chi connectivity index (χ1) is 12.2. The standard InChI is InChI=1S/C18H17ClN2O4/c19-13-2-3-15(21-5-7-23-8-6-21)14(10-13)20-18(22)12-1-4-16-17(9-12)25-11-24-16/h1-4,9-10H,5-8,11H2,(H,20,22). The first-order valence-electron chi connectivity index (χ1n) is 8.04. The molecule has 0 unspecified atom stereocenters. The SMILES string of the molecule is O=C(Nc1cc(Cl)ccc1N1CCOCC1)c1ccc2c(c1)OCO2. The van der Waals surface area contributed by atoms with Gasteiger partial charge in [0.15, 0.2) is 11.5 Å². The minimum atomic E-state index is -0.227. The van der Waals surface area contributed by atoms with Gasteiger partial charge in [-0.3, -0.25) is 4.79 Å². The average molecular weight is 361 g/mol. The van der Waals surface area contributed by atoms with E-state index in [4.69, 9.17) is 25.8 Å². The van der Waals surface area contributed by atoms with Gasteiger partial charge in [0.2, 0.25) is 6.79 Å². The number of ether oxygens (including phenoxy) is 3. The lowest BCUT2D eigenvalue weighted by Gasteiger charge is -2.30. The molecule has 2 aromatic carbocycles. The highest BCUT2D eigenvalue weighted by atomic mass is 35.5. The van der Waals surface area contributed by atoms with Crippen molar-refractivity contribution in [3.63, 3.8) is 0 Å². The number of nitrogens with one attached hydrogen (secondary N) is 1. The van der Waals surface area contributed by atoms with Crippen LogP contribution in [-0.4, -0.2) is 39.0 Å². The van der Waals surface area contributed by atoms with Crippen LogP contribution in [0.15, 0.2) is 36.4 Å². The van der Waals surface area contributed by atoms with Crippen molar-refractivity contribution >= 4 is 28.9 Å². The Morgan fingerprint density at radius 2 is 1.84 bits per heavy atom. The molecular formula is C18H17ClN2O4. The predicted octanol–water partition coefficient (Wildman–Crippen LogP) is 3.16. The summed E-state index contributed by atoms with van der Waals surface area (Å²) in [6, 6.07) is 10.6. The molecule has 0 radical (unpaired) electrons. The fourth-order valence-corrected chi connectivity index (χ4v) is 3.09. The molecule has 6 nitrogen and oxygen atoms in total. The van der Waals surface area contributed by atoms with Crippen molar-refractivity contribution in [3.8, 4) is 11.5 Å². The van der Waals surface area contributed by atoms with Gasteiger partial charge in [-0.25, -0.2) is 0 Å². The Labute approximate surface area is 150 Å². The van der Waals surface area contributed by atoms with Crippen LogP contribution in [0.1, 0.15) is 10.4 Å². The van der Waals surface area contributed by atoms with E-state index in [1.54, 1.807) is 24.3 Å². The molecule has 2 aliphatic rings. The molecule has 0 aromatic heterocycles. The third kappa shape index (κ3) is 3.36. The summed E-state index contributed by atoms with van der Waals surface area (Å²) in [4.78, 5) is 14.8. The number of halogens is 1. The van der Waals surface area contributed by atoms with Crippen LogP contribution in [0, 0.1) is 0 Å². The summed E-state index contributed by atoms with van der Waals surface area (Å²) in [5.74, 6) is 0.996. The quantitative estimate of drug-likeness (QED) is 0.911. The van der Waals surface area contributed by atoms with Crippen LogP contribution >= 0.6 is 11.6 Å². The molecule has 130 valence electrons. The molecule has 0 aliphatic carbocycles. The van der Waals surface area contributed by atoms with Crippen LogP contribution in [0.5, 0.6) is 11.5 Å². The number of hydrogen-bond donors (Lipinski definition) is 1. The molecule has 0 spiro atoms. The van der Waals surface area contributed by atoms with Crippen molar-refractivity contribution in [1.29, 1.82) is 0 Å². The van der Waals surface area contributed by atoms with E-state index < -0.39 is 0 Å². The van der Waals surface area contributed by atoms with Gasteiger partial charge >= 0.3 is 0 Å². The molecule has 4 rings (SSSR count). The molecule has 0 atom stereocenters. The lowest BCUT2D eigenvalue weighted by molar-refractivity contribution is 0.102. The Morgan fingerprint density at radius 1 is 1.04 bits per heavy atom. The van der Waals surface area contributed by atoms with Crippen LogP contribution in [0.3, 0.4) is 0 Å². The highest BCUT2D eigenvalue weighted by molar-refractivity contribution is 6.31. The summed E-state index contributed by atoms with van der Waals surface area (Å²) in [7, 11) is 0. The van der Waals surface area contributed by atoms with Crippen LogP contribution in [0.2, 0.25) is 5.02 Å². The number of rotatable bonds is 3. The second kappa shape index (κ2) is 6.82. The van der Waals surface area contributed by atoms with Crippen LogP contribution in [0.25, 0.3) is 0 Å². The van der Waals surface area contributed by atoms with Gasteiger partial charge in [0.1, 0.15) is 0 Å². The largest absolute Gasteiger partial charge is 0.454 e. The average Bonchev–Trinajstić information content (AvgIpc) is 3.10. The third-order valence-corrected chi connectivity index (χ3v) is 4.43. The Hall–Kier alpha value is -2.44. The molecule has 2 heterocycles. The van der Waals surface area contributed by atoms with Crippen molar-refractivity contribution < 1.29 is 19.0 Å². The van der Waals surface area contributed by atoms with Gasteiger partial charge in [0.05, 0.1) is 24.6 Å². The zero-order chi connectivity index (χ0) is 17.2. The van der Waals surface area contributed by atoms with Gasteiger partial charge in [-0.05, 0) is 36.4 Å². The smallest absolute Gasteiger partial charge is 0.255 e. The number of morpholine rings is 1. The number of anilines is 2. The zero-order valence-corrected chi connectivity index (χ0v) is 14.2. The maximum Gasteiger partial charge on any atom is 0.255 e. The van der Waals surface area contributed by atoms with E-state index in [0.717, 1.165) is 18.8 Å². The summed E-state index contributed by atoms with van der Waals surface area (Å²) >= 11 is 6.13. The molecule has 2 aliphatic heterocycles. The Kier molecular flexibility index (Phi) is 4.38. The van der Waals surface area contributed by atoms with Gasteiger partial charge in [-0.1, -0.05) is 11.6 Å². The molecule has 7 heteroatoms. The lowest BCUT2D eigenvalue weighted by Crippen LogP contribution is -2.36. The van der Waals surface area contributed by atoms with Crippen molar-refractivity contribution in [2.24, 2.45) is 0 Å². The summed E-state index contributed by atoms with van der Waals surface area (Å²) in [6.45, 7) is 3.05. The molecule has 1 saturated heterocycles. The first-order valence-corrected chi connectivity index (χ1v) is 8.42. The van der Waals surface area contributed by atoms with Gasteiger partial charge in [0.25, 0.3) is 5.91 Å². The maximum atomic E-state index is 12.7. The topological polar surface area (TPSA) is 60.0 Å². The number of benzene rings is 2. The van der Waals surface area contributed by atoms with E-state index in [1.165, 1.54) is 0 Å². The maximum absolute atomic E-state index is 12.7. The number of fused-ring (bicyclic) bond motifs is 1. The summed E-state index contributed by atoms with van der Waals surface area (Å²) in [5.41, 5.74) is 2.11. The molecule has 0 bridgehead atoms. The van der Waals surface area contributed by atoms with E-state index in [1.807, 2.05) is 12.1 Å². The minimum Gasteiger partial charge on any atom is -0.454 e. The molecular weight excluding hydrogens is 344 g/mol. The van der Waals surface area contributed by atoms with Gasteiger partial charge < -0.3 is 24.4 Å². The van der Waals surface area contributed by atoms with E-state index >= 15 is 0 Å². The van der Waals surface area contributed by atoms with E-state index in [9.17, 15) is 4.79 Å². The molecule has 1 N–H and O–H groups in total. The van der Waals surface area contributed by atoms with Crippen molar-refractivity contribution in [2.75, 3.05) is 43.3 Å². The number of carbonyl (C=O) groups is 1. The van der Waals surface area contributed by atoms with Crippen LogP contribution in [0.4, 0.5) is 11.4 Å². The second-order valence-corrected chi connectivity index (χ2v) is 6.22. The first kappa shape index (κ1) is 16.1. The third-order valence-electron chi connectivity index (χ3n) is 4.19. The number of nitrogens with zero attached hydrogens (tertiary/aromatic N) is 1. The zero-order valence-electron chi connectivity index (χ0n) is 13.5. The highest BCUT2D eigenvalue weighted by Crippen LogP contribution is 2.34. The monoisotopic (exact) mass is 360 g/mol. The summed E-state index contributed by atoms with van der Waals surface area (Å²) < 4.78 is 16.0. The van der Waals surface area contributed by atoms with Crippen molar-refractivity contribution in [3.05, 3.63) is 47.0 Å². The predicted molar refractivity (Wildman–Crippen MR) is 95.0 cm³/mol. The van der Waals surface area contributed by atoms with E-state index in [0.29, 0.717) is 41.0 Å². The normalized spacial score (nSPS) is 16.0. The molecule has 1 fully saturated rings. The van der Waals surface area contributed by atoms with Gasteiger partial charge in [0, 0.05) is 23.7 Å². The van der Waals surface area contributed by atoms with Crippen molar-refractivity contribution in [2.45, 2.75) is 0 Å².